The maximum absolute atomic E-state index is 13.6. The standard InChI is InChI=1S/C22H22F2N4.ClH/c1-13-14(2)25-22(26-19-6-4-5-17(23)12-19)27-21(13)28-10-9-16-11-18(24)7-8-20(16)15(28)3;/h4-8,11-12,15H,9-10H2,1-3H3,(H,25,26,27);1H. The van der Waals surface area contributed by atoms with E-state index in [-0.39, 0.29) is 30.1 Å². The third kappa shape index (κ3) is 4.17. The molecule has 0 bridgehead atoms. The van der Waals surface area contributed by atoms with E-state index >= 15 is 0 Å². The summed E-state index contributed by atoms with van der Waals surface area (Å²) in [6.07, 6.45) is 0.757. The summed E-state index contributed by atoms with van der Waals surface area (Å²) < 4.78 is 27.1. The summed E-state index contributed by atoms with van der Waals surface area (Å²) in [7, 11) is 0. The van der Waals surface area contributed by atoms with E-state index in [1.165, 1.54) is 18.2 Å². The van der Waals surface area contributed by atoms with Crippen molar-refractivity contribution in [3.05, 3.63) is 76.5 Å². The molecule has 2 aromatic carbocycles. The van der Waals surface area contributed by atoms with Gasteiger partial charge in [0.25, 0.3) is 0 Å². The van der Waals surface area contributed by atoms with Gasteiger partial charge in [0.15, 0.2) is 0 Å². The van der Waals surface area contributed by atoms with Crippen LogP contribution in [-0.4, -0.2) is 16.5 Å². The Kier molecular flexibility index (Phi) is 6.03. The van der Waals surface area contributed by atoms with Crippen LogP contribution in [0.25, 0.3) is 0 Å². The van der Waals surface area contributed by atoms with E-state index in [9.17, 15) is 8.78 Å². The molecule has 0 spiro atoms. The molecule has 0 radical (unpaired) electrons. The normalized spacial score (nSPS) is 15.5. The maximum atomic E-state index is 13.6. The highest BCUT2D eigenvalue weighted by Crippen LogP contribution is 2.35. The molecule has 0 aliphatic carbocycles. The largest absolute Gasteiger partial charge is 0.349 e. The average molecular weight is 417 g/mol. The van der Waals surface area contributed by atoms with Crippen LogP contribution in [0.15, 0.2) is 42.5 Å². The van der Waals surface area contributed by atoms with E-state index in [4.69, 9.17) is 4.98 Å². The van der Waals surface area contributed by atoms with Gasteiger partial charge in [-0.3, -0.25) is 0 Å². The van der Waals surface area contributed by atoms with Crippen molar-refractivity contribution in [2.45, 2.75) is 33.2 Å². The van der Waals surface area contributed by atoms with Crippen LogP contribution in [0.1, 0.15) is 35.3 Å². The Morgan fingerprint density at radius 2 is 1.79 bits per heavy atom. The summed E-state index contributed by atoms with van der Waals surface area (Å²) >= 11 is 0. The number of fused-ring (bicyclic) bond motifs is 1. The first-order valence-corrected chi connectivity index (χ1v) is 9.35. The van der Waals surface area contributed by atoms with Gasteiger partial charge in [-0.15, -0.1) is 12.4 Å². The second-order valence-electron chi connectivity index (χ2n) is 7.18. The molecular formula is C22H23ClF2N4. The highest BCUT2D eigenvalue weighted by Gasteiger charge is 2.27. The Bertz CT molecular complexity index is 1040. The number of halogens is 3. The number of benzene rings is 2. The van der Waals surface area contributed by atoms with Gasteiger partial charge >= 0.3 is 0 Å². The molecule has 1 unspecified atom stereocenters. The van der Waals surface area contributed by atoms with E-state index < -0.39 is 0 Å². The number of aryl methyl sites for hydroxylation is 1. The molecule has 3 aromatic rings. The molecule has 1 atom stereocenters. The predicted octanol–water partition coefficient (Wildman–Crippen LogP) is 5.66. The molecule has 0 amide bonds. The molecular weight excluding hydrogens is 394 g/mol. The molecule has 4 nitrogen and oxygen atoms in total. The summed E-state index contributed by atoms with van der Waals surface area (Å²) in [5.74, 6) is 0.757. The highest BCUT2D eigenvalue weighted by atomic mass is 35.5. The fourth-order valence-corrected chi connectivity index (χ4v) is 3.73. The van der Waals surface area contributed by atoms with Crippen LogP contribution in [0.2, 0.25) is 0 Å². The second kappa shape index (κ2) is 8.33. The van der Waals surface area contributed by atoms with Crippen LogP contribution in [0.5, 0.6) is 0 Å². The Morgan fingerprint density at radius 3 is 2.55 bits per heavy atom. The number of rotatable bonds is 3. The van der Waals surface area contributed by atoms with E-state index in [0.29, 0.717) is 11.6 Å². The zero-order valence-corrected chi connectivity index (χ0v) is 17.4. The van der Waals surface area contributed by atoms with Gasteiger partial charge in [0.05, 0.1) is 6.04 Å². The Morgan fingerprint density at radius 1 is 1.03 bits per heavy atom. The Hall–Kier alpha value is -2.73. The van der Waals surface area contributed by atoms with E-state index in [0.717, 1.165) is 41.2 Å². The number of hydrogen-bond donors (Lipinski definition) is 1. The van der Waals surface area contributed by atoms with Gasteiger partial charge in [-0.1, -0.05) is 12.1 Å². The first-order chi connectivity index (χ1) is 13.4. The van der Waals surface area contributed by atoms with Crippen molar-refractivity contribution in [1.29, 1.82) is 0 Å². The summed E-state index contributed by atoms with van der Waals surface area (Å²) in [5, 5.41) is 3.10. The Balaban J connectivity index is 0.00000240. The second-order valence-corrected chi connectivity index (χ2v) is 7.18. The van der Waals surface area contributed by atoms with E-state index in [1.54, 1.807) is 18.2 Å². The molecule has 0 saturated heterocycles. The third-order valence-corrected chi connectivity index (χ3v) is 5.36. The maximum Gasteiger partial charge on any atom is 0.229 e. The molecule has 7 heteroatoms. The number of aromatic nitrogens is 2. The van der Waals surface area contributed by atoms with Crippen LogP contribution in [-0.2, 0) is 6.42 Å². The molecule has 152 valence electrons. The van der Waals surface area contributed by atoms with Crippen molar-refractivity contribution in [2.24, 2.45) is 0 Å². The molecule has 29 heavy (non-hydrogen) atoms. The van der Waals surface area contributed by atoms with E-state index in [1.807, 2.05) is 19.9 Å². The molecule has 1 aliphatic heterocycles. The minimum atomic E-state index is -0.317. The average Bonchev–Trinajstić information content (AvgIpc) is 2.65. The van der Waals surface area contributed by atoms with Crippen molar-refractivity contribution >= 4 is 29.9 Å². The predicted molar refractivity (Wildman–Crippen MR) is 114 cm³/mol. The van der Waals surface area contributed by atoms with Crippen molar-refractivity contribution in [1.82, 2.24) is 9.97 Å². The lowest BCUT2D eigenvalue weighted by atomic mass is 9.93. The minimum absolute atomic E-state index is 0. The smallest absolute Gasteiger partial charge is 0.229 e. The zero-order valence-electron chi connectivity index (χ0n) is 16.5. The minimum Gasteiger partial charge on any atom is -0.349 e. The van der Waals surface area contributed by atoms with Crippen LogP contribution >= 0.6 is 12.4 Å². The van der Waals surface area contributed by atoms with Crippen LogP contribution < -0.4 is 10.2 Å². The quantitative estimate of drug-likeness (QED) is 0.598. The highest BCUT2D eigenvalue weighted by molar-refractivity contribution is 5.85. The van der Waals surface area contributed by atoms with Gasteiger partial charge in [-0.25, -0.2) is 13.8 Å². The number of hydrogen-bond acceptors (Lipinski definition) is 4. The van der Waals surface area contributed by atoms with Crippen LogP contribution in [0, 0.1) is 25.5 Å². The summed E-state index contributed by atoms with van der Waals surface area (Å²) in [6.45, 7) is 6.79. The van der Waals surface area contributed by atoms with Gasteiger partial charge < -0.3 is 10.2 Å². The first-order valence-electron chi connectivity index (χ1n) is 9.35. The summed E-state index contributed by atoms with van der Waals surface area (Å²) in [4.78, 5) is 11.5. The lowest BCUT2D eigenvalue weighted by Crippen LogP contribution is -2.35. The third-order valence-electron chi connectivity index (χ3n) is 5.36. The lowest BCUT2D eigenvalue weighted by molar-refractivity contribution is 0.593. The molecule has 4 rings (SSSR count). The fraction of sp³-hybridized carbons (Fsp3) is 0.273. The summed E-state index contributed by atoms with van der Waals surface area (Å²) in [5.41, 5.74) is 4.62. The summed E-state index contributed by atoms with van der Waals surface area (Å²) in [6, 6.07) is 11.3. The molecule has 2 heterocycles. The lowest BCUT2D eigenvalue weighted by Gasteiger charge is -2.37. The number of nitrogens with one attached hydrogen (secondary N) is 1. The molecule has 1 aliphatic rings. The topological polar surface area (TPSA) is 41.1 Å². The monoisotopic (exact) mass is 416 g/mol. The van der Waals surface area contributed by atoms with Crippen molar-refractivity contribution < 1.29 is 8.78 Å². The van der Waals surface area contributed by atoms with Gasteiger partial charge in [0.2, 0.25) is 5.95 Å². The Labute approximate surface area is 175 Å². The zero-order chi connectivity index (χ0) is 19.8. The van der Waals surface area contributed by atoms with Crippen molar-refractivity contribution in [2.75, 3.05) is 16.8 Å². The van der Waals surface area contributed by atoms with Gasteiger partial charge in [0.1, 0.15) is 17.5 Å². The van der Waals surface area contributed by atoms with Gasteiger partial charge in [-0.05, 0) is 68.7 Å². The van der Waals surface area contributed by atoms with E-state index in [2.05, 4.69) is 22.1 Å². The fourth-order valence-electron chi connectivity index (χ4n) is 3.73. The van der Waals surface area contributed by atoms with Gasteiger partial charge in [0, 0.05) is 23.5 Å². The molecule has 1 aromatic heterocycles. The van der Waals surface area contributed by atoms with Crippen LogP contribution in [0.3, 0.4) is 0 Å². The molecule has 0 saturated carbocycles. The van der Waals surface area contributed by atoms with Gasteiger partial charge in [-0.2, -0.15) is 4.98 Å². The van der Waals surface area contributed by atoms with Crippen molar-refractivity contribution in [3.8, 4) is 0 Å². The first kappa shape index (κ1) is 21.0. The number of anilines is 3. The number of nitrogens with zero attached hydrogens (tertiary/aromatic N) is 3. The molecule has 1 N–H and O–H groups in total. The van der Waals surface area contributed by atoms with Crippen LogP contribution in [0.4, 0.5) is 26.2 Å². The van der Waals surface area contributed by atoms with Crippen molar-refractivity contribution in [3.63, 3.8) is 0 Å². The SMILES string of the molecule is Cc1nc(Nc2cccc(F)c2)nc(N2CCc3cc(F)ccc3C2C)c1C.Cl. The molecule has 0 fully saturated rings.